The number of hydrogen-bond donors (Lipinski definition) is 1. The molecule has 1 aromatic heterocycles. The third kappa shape index (κ3) is 7.56. The molecule has 1 amide bonds. The van der Waals surface area contributed by atoms with Crippen molar-refractivity contribution in [1.82, 2.24) is 5.43 Å². The van der Waals surface area contributed by atoms with Crippen LogP contribution in [0.25, 0.3) is 0 Å². The highest BCUT2D eigenvalue weighted by Gasteiger charge is 2.10. The first-order chi connectivity index (χ1) is 10.6. The Morgan fingerprint density at radius 1 is 1.27 bits per heavy atom. The number of nitro groups is 1. The minimum atomic E-state index is -0.629. The van der Waals surface area contributed by atoms with Crippen LogP contribution in [0.5, 0.6) is 0 Å². The molecular weight excluding hydrogens is 286 g/mol. The van der Waals surface area contributed by atoms with Crippen molar-refractivity contribution in [3.63, 3.8) is 0 Å². The normalized spacial score (nSPS) is 11.0. The van der Waals surface area contributed by atoms with Gasteiger partial charge >= 0.3 is 5.88 Å². The van der Waals surface area contributed by atoms with Gasteiger partial charge in [-0.05, 0) is 12.5 Å². The zero-order valence-electron chi connectivity index (χ0n) is 12.9. The van der Waals surface area contributed by atoms with Crippen molar-refractivity contribution >= 4 is 18.0 Å². The van der Waals surface area contributed by atoms with Gasteiger partial charge in [0.2, 0.25) is 5.91 Å². The predicted octanol–water partition coefficient (Wildman–Crippen LogP) is 3.78. The van der Waals surface area contributed by atoms with E-state index < -0.39 is 4.92 Å². The van der Waals surface area contributed by atoms with Crippen LogP contribution in [-0.2, 0) is 4.79 Å². The smallest absolute Gasteiger partial charge is 0.400 e. The molecule has 0 aliphatic carbocycles. The number of hydrogen-bond acceptors (Lipinski definition) is 5. The number of nitrogens with zero attached hydrogens (tertiary/aromatic N) is 2. The Hall–Kier alpha value is -2.18. The Balaban J connectivity index is 2.12. The van der Waals surface area contributed by atoms with Gasteiger partial charge in [0.1, 0.15) is 4.92 Å². The fourth-order valence-electron chi connectivity index (χ4n) is 1.98. The van der Waals surface area contributed by atoms with E-state index in [2.05, 4.69) is 17.5 Å². The van der Waals surface area contributed by atoms with Gasteiger partial charge in [-0.3, -0.25) is 14.9 Å². The monoisotopic (exact) mass is 309 g/mol. The Morgan fingerprint density at radius 3 is 2.59 bits per heavy atom. The van der Waals surface area contributed by atoms with Crippen LogP contribution >= 0.6 is 0 Å². The van der Waals surface area contributed by atoms with E-state index in [1.165, 1.54) is 44.0 Å². The first-order valence-corrected chi connectivity index (χ1v) is 7.69. The van der Waals surface area contributed by atoms with E-state index in [0.717, 1.165) is 19.3 Å². The van der Waals surface area contributed by atoms with Crippen molar-refractivity contribution in [2.45, 2.75) is 58.3 Å². The first-order valence-electron chi connectivity index (χ1n) is 7.69. The number of rotatable bonds is 11. The summed E-state index contributed by atoms with van der Waals surface area (Å²) in [6, 6.07) is 2.66. The van der Waals surface area contributed by atoms with Crippen molar-refractivity contribution in [2.75, 3.05) is 0 Å². The third-order valence-electron chi connectivity index (χ3n) is 3.18. The molecule has 0 atom stereocenters. The van der Waals surface area contributed by atoms with Crippen molar-refractivity contribution < 1.29 is 14.1 Å². The molecule has 0 aromatic carbocycles. The van der Waals surface area contributed by atoms with Gasteiger partial charge in [-0.2, -0.15) is 5.10 Å². The first kappa shape index (κ1) is 17.9. The van der Waals surface area contributed by atoms with E-state index >= 15 is 0 Å². The topological polar surface area (TPSA) is 97.7 Å². The Bertz CT molecular complexity index is 497. The van der Waals surface area contributed by atoms with Crippen LogP contribution in [0.3, 0.4) is 0 Å². The van der Waals surface area contributed by atoms with E-state index in [-0.39, 0.29) is 17.6 Å². The Labute approximate surface area is 129 Å². The van der Waals surface area contributed by atoms with Gasteiger partial charge in [0.15, 0.2) is 5.76 Å². The highest BCUT2D eigenvalue weighted by Crippen LogP contribution is 2.13. The summed E-state index contributed by atoms with van der Waals surface area (Å²) in [4.78, 5) is 21.3. The summed E-state index contributed by atoms with van der Waals surface area (Å²) in [7, 11) is 0. The molecule has 7 heteroatoms. The second-order valence-corrected chi connectivity index (χ2v) is 5.10. The molecule has 0 saturated heterocycles. The molecule has 0 unspecified atom stereocenters. The molecule has 7 nitrogen and oxygen atoms in total. The van der Waals surface area contributed by atoms with Crippen LogP contribution in [0.1, 0.15) is 64.1 Å². The third-order valence-corrected chi connectivity index (χ3v) is 3.18. The van der Waals surface area contributed by atoms with E-state index in [9.17, 15) is 14.9 Å². The fraction of sp³-hybridized carbons (Fsp3) is 0.600. The molecule has 0 aliphatic heterocycles. The molecule has 22 heavy (non-hydrogen) atoms. The molecule has 1 heterocycles. The van der Waals surface area contributed by atoms with Gasteiger partial charge < -0.3 is 4.42 Å². The SMILES string of the molecule is CCCCCCCCCC(=O)NN=Cc1ccc([N+](=O)[O-])o1. The van der Waals surface area contributed by atoms with Crippen molar-refractivity contribution in [2.24, 2.45) is 5.10 Å². The number of amides is 1. The predicted molar refractivity (Wildman–Crippen MR) is 83.7 cm³/mol. The maximum Gasteiger partial charge on any atom is 0.433 e. The molecule has 0 aliphatic rings. The molecule has 0 fully saturated rings. The molecule has 1 aromatic rings. The molecular formula is C15H23N3O4. The summed E-state index contributed by atoms with van der Waals surface area (Å²) in [6.07, 6.45) is 9.74. The van der Waals surface area contributed by atoms with Gasteiger partial charge in [-0.25, -0.2) is 5.43 Å². The number of carbonyl (C=O) groups excluding carboxylic acids is 1. The second kappa shape index (κ2) is 10.5. The van der Waals surface area contributed by atoms with Crippen LogP contribution in [0.2, 0.25) is 0 Å². The molecule has 1 rings (SSSR count). The minimum absolute atomic E-state index is 0.161. The number of nitrogens with one attached hydrogen (secondary N) is 1. The summed E-state index contributed by atoms with van der Waals surface area (Å²) < 4.78 is 4.87. The average Bonchev–Trinajstić information content (AvgIpc) is 2.95. The van der Waals surface area contributed by atoms with Crippen LogP contribution in [0.15, 0.2) is 21.7 Å². The molecule has 0 bridgehead atoms. The molecule has 122 valence electrons. The van der Waals surface area contributed by atoms with Crippen LogP contribution < -0.4 is 5.43 Å². The Kier molecular flexibility index (Phi) is 8.56. The van der Waals surface area contributed by atoms with E-state index in [1.807, 2.05) is 0 Å². The summed E-state index contributed by atoms with van der Waals surface area (Å²) >= 11 is 0. The minimum Gasteiger partial charge on any atom is -0.400 e. The standard InChI is InChI=1S/C15H23N3O4/c1-2-3-4-5-6-7-8-9-14(19)17-16-12-13-10-11-15(22-13)18(20)21/h10-12H,2-9H2,1H3,(H,17,19). The van der Waals surface area contributed by atoms with E-state index in [0.29, 0.717) is 6.42 Å². The quantitative estimate of drug-likeness (QED) is 0.291. The summed E-state index contributed by atoms with van der Waals surface area (Å²) in [5.41, 5.74) is 2.38. The number of furan rings is 1. The van der Waals surface area contributed by atoms with Gasteiger partial charge in [-0.15, -0.1) is 0 Å². The maximum atomic E-state index is 11.5. The van der Waals surface area contributed by atoms with Crippen molar-refractivity contribution in [1.29, 1.82) is 0 Å². The summed E-state index contributed by atoms with van der Waals surface area (Å²) in [5, 5.41) is 14.1. The highest BCUT2D eigenvalue weighted by atomic mass is 16.6. The number of carbonyl (C=O) groups is 1. The van der Waals surface area contributed by atoms with Gasteiger partial charge in [-0.1, -0.05) is 45.4 Å². The maximum absolute atomic E-state index is 11.5. The molecule has 1 N–H and O–H groups in total. The second-order valence-electron chi connectivity index (χ2n) is 5.10. The molecule has 0 radical (unpaired) electrons. The van der Waals surface area contributed by atoms with E-state index in [4.69, 9.17) is 4.42 Å². The number of unbranched alkanes of at least 4 members (excludes halogenated alkanes) is 6. The lowest BCUT2D eigenvalue weighted by Gasteiger charge is -2.01. The van der Waals surface area contributed by atoms with Gasteiger partial charge in [0, 0.05) is 6.42 Å². The summed E-state index contributed by atoms with van der Waals surface area (Å²) in [6.45, 7) is 2.19. The Morgan fingerprint density at radius 2 is 1.95 bits per heavy atom. The van der Waals surface area contributed by atoms with Crippen LogP contribution in [0.4, 0.5) is 5.88 Å². The summed E-state index contributed by atoms with van der Waals surface area (Å²) in [5.74, 6) is -0.287. The zero-order chi connectivity index (χ0) is 16.2. The van der Waals surface area contributed by atoms with Crippen molar-refractivity contribution in [3.05, 3.63) is 28.0 Å². The highest BCUT2D eigenvalue weighted by molar-refractivity contribution is 5.80. The van der Waals surface area contributed by atoms with Gasteiger partial charge in [0.25, 0.3) is 0 Å². The fourth-order valence-corrected chi connectivity index (χ4v) is 1.98. The van der Waals surface area contributed by atoms with Crippen LogP contribution in [-0.4, -0.2) is 17.0 Å². The lowest BCUT2D eigenvalue weighted by molar-refractivity contribution is -0.402. The average molecular weight is 309 g/mol. The van der Waals surface area contributed by atoms with Crippen molar-refractivity contribution in [3.8, 4) is 0 Å². The molecule has 0 saturated carbocycles. The van der Waals surface area contributed by atoms with Crippen LogP contribution in [0, 0.1) is 10.1 Å². The van der Waals surface area contributed by atoms with E-state index in [1.54, 1.807) is 0 Å². The molecule has 0 spiro atoms. The lowest BCUT2D eigenvalue weighted by Crippen LogP contribution is -2.16. The zero-order valence-corrected chi connectivity index (χ0v) is 12.9. The lowest BCUT2D eigenvalue weighted by atomic mass is 10.1. The van der Waals surface area contributed by atoms with Gasteiger partial charge in [0.05, 0.1) is 12.3 Å². The largest absolute Gasteiger partial charge is 0.433 e. The number of hydrazone groups is 1.